The van der Waals surface area contributed by atoms with E-state index in [1.807, 2.05) is 84.2 Å². The van der Waals surface area contributed by atoms with Gasteiger partial charge in [-0.15, -0.1) is 11.3 Å². The van der Waals surface area contributed by atoms with Crippen LogP contribution < -0.4 is 14.9 Å². The van der Waals surface area contributed by atoms with Crippen molar-refractivity contribution in [2.45, 2.75) is 6.61 Å². The van der Waals surface area contributed by atoms with Crippen molar-refractivity contribution >= 4 is 33.6 Å². The molecule has 5 rings (SSSR count). The van der Waals surface area contributed by atoms with Crippen molar-refractivity contribution in [2.24, 2.45) is 5.10 Å². The molecule has 0 aliphatic carbocycles. The molecule has 7 heteroatoms. The van der Waals surface area contributed by atoms with Crippen LogP contribution in [0.1, 0.15) is 11.1 Å². The molecule has 168 valence electrons. The Hall–Kier alpha value is -4.23. The molecule has 0 aliphatic heterocycles. The van der Waals surface area contributed by atoms with Gasteiger partial charge in [0.2, 0.25) is 5.13 Å². The van der Waals surface area contributed by atoms with Gasteiger partial charge >= 0.3 is 0 Å². The summed E-state index contributed by atoms with van der Waals surface area (Å²) >= 11 is 1.51. The number of aromatic nitrogens is 2. The van der Waals surface area contributed by atoms with E-state index < -0.39 is 0 Å². The summed E-state index contributed by atoms with van der Waals surface area (Å²) in [5, 5.41) is 8.17. The molecule has 0 aliphatic rings. The molecule has 0 fully saturated rings. The molecule has 0 spiro atoms. The minimum Gasteiger partial charge on any atom is -0.496 e. The van der Waals surface area contributed by atoms with Gasteiger partial charge < -0.3 is 9.47 Å². The van der Waals surface area contributed by atoms with Gasteiger partial charge in [-0.25, -0.2) is 4.98 Å². The number of pyridine rings is 1. The number of thiazole rings is 1. The van der Waals surface area contributed by atoms with Gasteiger partial charge in [-0.05, 0) is 42.0 Å². The maximum absolute atomic E-state index is 6.03. The Morgan fingerprint density at radius 1 is 1.00 bits per heavy atom. The summed E-state index contributed by atoms with van der Waals surface area (Å²) in [6.07, 6.45) is 3.53. The molecule has 0 atom stereocenters. The number of hydrazone groups is 1. The Balaban J connectivity index is 1.26. The molecule has 1 N–H and O–H groups in total. The molecule has 2 heterocycles. The van der Waals surface area contributed by atoms with E-state index >= 15 is 0 Å². The fraction of sp³-hybridized carbons (Fsp3) is 0.0741. The topological polar surface area (TPSA) is 68.6 Å². The van der Waals surface area contributed by atoms with Crippen molar-refractivity contribution < 1.29 is 9.47 Å². The molecule has 0 radical (unpaired) electrons. The van der Waals surface area contributed by atoms with E-state index in [0.29, 0.717) is 6.61 Å². The summed E-state index contributed by atoms with van der Waals surface area (Å²) in [5.74, 6) is 1.52. The van der Waals surface area contributed by atoms with Gasteiger partial charge in [0.1, 0.15) is 18.1 Å². The monoisotopic (exact) mass is 466 g/mol. The Morgan fingerprint density at radius 3 is 2.79 bits per heavy atom. The van der Waals surface area contributed by atoms with Crippen molar-refractivity contribution in [1.82, 2.24) is 9.97 Å². The van der Waals surface area contributed by atoms with Gasteiger partial charge in [-0.1, -0.05) is 36.4 Å². The molecule has 3 aromatic carbocycles. The highest BCUT2D eigenvalue weighted by Crippen LogP contribution is 2.25. The lowest BCUT2D eigenvalue weighted by Gasteiger charge is -2.11. The van der Waals surface area contributed by atoms with Crippen LogP contribution in [0, 0.1) is 0 Å². The van der Waals surface area contributed by atoms with E-state index in [2.05, 4.69) is 20.5 Å². The van der Waals surface area contributed by atoms with Crippen LogP contribution in [-0.2, 0) is 6.61 Å². The van der Waals surface area contributed by atoms with Crippen molar-refractivity contribution in [3.05, 3.63) is 102 Å². The second-order valence-electron chi connectivity index (χ2n) is 7.49. The van der Waals surface area contributed by atoms with Crippen molar-refractivity contribution in [2.75, 3.05) is 12.5 Å². The van der Waals surface area contributed by atoms with Crippen LogP contribution in [0.15, 0.2) is 95.5 Å². The maximum atomic E-state index is 6.03. The number of nitrogens with zero attached hydrogens (tertiary/aromatic N) is 3. The normalized spacial score (nSPS) is 11.1. The summed E-state index contributed by atoms with van der Waals surface area (Å²) in [6.45, 7) is 0.365. The Bertz CT molecular complexity index is 1430. The van der Waals surface area contributed by atoms with E-state index in [0.717, 1.165) is 49.9 Å². The number of ether oxygens (including phenoxy) is 2. The van der Waals surface area contributed by atoms with E-state index in [1.165, 1.54) is 11.3 Å². The van der Waals surface area contributed by atoms with E-state index in [-0.39, 0.29) is 0 Å². The maximum Gasteiger partial charge on any atom is 0.203 e. The number of methoxy groups -OCH3 is 1. The molecule has 2 aromatic heterocycles. The van der Waals surface area contributed by atoms with Crippen LogP contribution in [0.5, 0.6) is 11.5 Å². The minimum absolute atomic E-state index is 0.365. The summed E-state index contributed by atoms with van der Waals surface area (Å²) in [4.78, 5) is 8.98. The predicted molar refractivity (Wildman–Crippen MR) is 138 cm³/mol. The number of hydrogen-bond acceptors (Lipinski definition) is 7. The van der Waals surface area contributed by atoms with Crippen LogP contribution in [0.4, 0.5) is 5.13 Å². The molecule has 0 amide bonds. The van der Waals surface area contributed by atoms with Gasteiger partial charge in [0.15, 0.2) is 0 Å². The summed E-state index contributed by atoms with van der Waals surface area (Å²) in [7, 11) is 1.65. The van der Waals surface area contributed by atoms with Gasteiger partial charge in [-0.3, -0.25) is 10.4 Å². The third kappa shape index (κ3) is 5.05. The van der Waals surface area contributed by atoms with E-state index in [9.17, 15) is 0 Å². The fourth-order valence-corrected chi connectivity index (χ4v) is 4.19. The average Bonchev–Trinajstić information content (AvgIpc) is 3.37. The van der Waals surface area contributed by atoms with Gasteiger partial charge in [0, 0.05) is 34.2 Å². The number of fused-ring (bicyclic) bond motifs is 1. The smallest absolute Gasteiger partial charge is 0.203 e. The Labute approximate surface area is 201 Å². The SMILES string of the molecule is COc1ccc(C=NNc2nc(-c3ccccc3)cs2)cc1COc1ccc2cccnc2c1. The first-order chi connectivity index (χ1) is 16.8. The first kappa shape index (κ1) is 21.6. The molecule has 0 saturated heterocycles. The minimum atomic E-state index is 0.365. The lowest BCUT2D eigenvalue weighted by Crippen LogP contribution is -2.00. The highest BCUT2D eigenvalue weighted by molar-refractivity contribution is 7.14. The summed E-state index contributed by atoms with van der Waals surface area (Å²) < 4.78 is 11.5. The average molecular weight is 467 g/mol. The molecular weight excluding hydrogens is 444 g/mol. The quantitative estimate of drug-likeness (QED) is 0.212. The van der Waals surface area contributed by atoms with Gasteiger partial charge in [-0.2, -0.15) is 5.10 Å². The third-order valence-electron chi connectivity index (χ3n) is 5.22. The molecule has 6 nitrogen and oxygen atoms in total. The second-order valence-corrected chi connectivity index (χ2v) is 8.35. The van der Waals surface area contributed by atoms with Crippen LogP contribution >= 0.6 is 11.3 Å². The van der Waals surface area contributed by atoms with Crippen molar-refractivity contribution in [1.29, 1.82) is 0 Å². The molecular formula is C27H22N4O2S. The van der Waals surface area contributed by atoms with Crippen LogP contribution in [0.25, 0.3) is 22.2 Å². The first-order valence-electron chi connectivity index (χ1n) is 10.7. The Morgan fingerprint density at radius 2 is 1.91 bits per heavy atom. The Kier molecular flexibility index (Phi) is 6.45. The zero-order valence-electron chi connectivity index (χ0n) is 18.5. The molecule has 0 bridgehead atoms. The second kappa shape index (κ2) is 10.1. The lowest BCUT2D eigenvalue weighted by atomic mass is 10.1. The summed E-state index contributed by atoms with van der Waals surface area (Å²) in [5.41, 5.74) is 7.77. The highest BCUT2D eigenvalue weighted by Gasteiger charge is 2.07. The molecule has 0 saturated carbocycles. The van der Waals surface area contributed by atoms with E-state index in [1.54, 1.807) is 19.5 Å². The van der Waals surface area contributed by atoms with Crippen molar-refractivity contribution in [3.63, 3.8) is 0 Å². The zero-order chi connectivity index (χ0) is 23.2. The molecule has 5 aromatic rings. The van der Waals surface area contributed by atoms with Crippen LogP contribution in [0.3, 0.4) is 0 Å². The van der Waals surface area contributed by atoms with Crippen LogP contribution in [0.2, 0.25) is 0 Å². The highest BCUT2D eigenvalue weighted by atomic mass is 32.1. The van der Waals surface area contributed by atoms with Crippen LogP contribution in [-0.4, -0.2) is 23.3 Å². The predicted octanol–water partition coefficient (Wildman–Crippen LogP) is 6.39. The fourth-order valence-electron chi connectivity index (χ4n) is 3.52. The number of rotatable bonds is 8. The van der Waals surface area contributed by atoms with Gasteiger partial charge in [0.05, 0.1) is 24.5 Å². The van der Waals surface area contributed by atoms with Crippen molar-refractivity contribution in [3.8, 4) is 22.8 Å². The molecule has 34 heavy (non-hydrogen) atoms. The van der Waals surface area contributed by atoms with E-state index in [4.69, 9.17) is 9.47 Å². The summed E-state index contributed by atoms with van der Waals surface area (Å²) in [6, 6.07) is 25.8. The third-order valence-corrected chi connectivity index (χ3v) is 5.97. The first-order valence-corrected chi connectivity index (χ1v) is 11.6. The number of anilines is 1. The lowest BCUT2D eigenvalue weighted by molar-refractivity contribution is 0.297. The molecule has 0 unspecified atom stereocenters. The number of benzene rings is 3. The standard InChI is InChI=1S/C27H22N4O2S/c1-32-26-12-9-19(16-29-31-27-30-25(18-34-27)20-6-3-2-4-7-20)14-22(26)17-33-23-11-10-21-8-5-13-28-24(21)15-23/h2-16,18H,17H2,1H3,(H,30,31). The van der Waals surface area contributed by atoms with Gasteiger partial charge in [0.25, 0.3) is 0 Å². The number of hydrogen-bond donors (Lipinski definition) is 1. The number of nitrogens with one attached hydrogen (secondary N) is 1. The zero-order valence-corrected chi connectivity index (χ0v) is 19.3. The largest absolute Gasteiger partial charge is 0.496 e.